The average Bonchev–Trinajstić information content (AvgIpc) is 2.82. The molecule has 2 aliphatic rings. The summed E-state index contributed by atoms with van der Waals surface area (Å²) in [6.45, 7) is 6.85. The monoisotopic (exact) mass is 267 g/mol. The van der Waals surface area contributed by atoms with Crippen molar-refractivity contribution in [2.24, 2.45) is 11.8 Å². The molecule has 1 saturated heterocycles. The first-order valence-corrected chi connectivity index (χ1v) is 6.57. The lowest BCUT2D eigenvalue weighted by molar-refractivity contribution is -0.136. The molecule has 2 unspecified atom stereocenters. The highest BCUT2D eigenvalue weighted by Crippen LogP contribution is 2.37. The van der Waals surface area contributed by atoms with Gasteiger partial charge in [0.2, 0.25) is 0 Å². The second-order valence-electron chi connectivity index (χ2n) is 6.20. The summed E-state index contributed by atoms with van der Waals surface area (Å²) in [6, 6.07) is 0. The predicted molar refractivity (Wildman–Crippen MR) is 69.5 cm³/mol. The highest BCUT2D eigenvalue weighted by atomic mass is 16.6. The van der Waals surface area contributed by atoms with Crippen LogP contribution in [0.2, 0.25) is 0 Å². The number of hydrogen-bond donors (Lipinski definition) is 0. The Morgan fingerprint density at radius 3 is 2.53 bits per heavy atom. The molecule has 2 rings (SSSR count). The molecule has 1 aliphatic carbocycles. The summed E-state index contributed by atoms with van der Waals surface area (Å²) in [4.78, 5) is 25.1. The highest BCUT2D eigenvalue weighted by Gasteiger charge is 2.41. The van der Waals surface area contributed by atoms with Crippen LogP contribution < -0.4 is 0 Å². The number of rotatable bonds is 1. The van der Waals surface area contributed by atoms with Crippen LogP contribution in [0.15, 0.2) is 11.6 Å². The van der Waals surface area contributed by atoms with E-state index in [0.29, 0.717) is 25.4 Å². The van der Waals surface area contributed by atoms with Gasteiger partial charge in [0, 0.05) is 24.6 Å². The van der Waals surface area contributed by atoms with Crippen LogP contribution in [-0.2, 0) is 14.3 Å². The quantitative estimate of drug-likeness (QED) is 0.682. The van der Waals surface area contributed by atoms with Crippen molar-refractivity contribution >= 4 is 12.1 Å². The molecule has 0 aromatic heterocycles. The third-order valence-corrected chi connectivity index (χ3v) is 3.49. The second-order valence-corrected chi connectivity index (χ2v) is 6.20. The van der Waals surface area contributed by atoms with E-state index < -0.39 is 5.60 Å². The molecular formula is C14H21NO4. The van der Waals surface area contributed by atoms with Crippen molar-refractivity contribution < 1.29 is 19.1 Å². The Morgan fingerprint density at radius 1 is 1.32 bits per heavy atom. The molecule has 0 N–H and O–H groups in total. The molecule has 0 aromatic carbocycles. The van der Waals surface area contributed by atoms with Crippen LogP contribution in [-0.4, -0.2) is 42.8 Å². The maximum Gasteiger partial charge on any atom is 0.410 e. The molecule has 5 heteroatoms. The van der Waals surface area contributed by atoms with Crippen LogP contribution in [0.1, 0.15) is 27.2 Å². The van der Waals surface area contributed by atoms with Gasteiger partial charge in [0.05, 0.1) is 7.11 Å². The van der Waals surface area contributed by atoms with Gasteiger partial charge in [-0.15, -0.1) is 0 Å². The van der Waals surface area contributed by atoms with E-state index in [1.807, 2.05) is 26.8 Å². The van der Waals surface area contributed by atoms with Crippen LogP contribution in [0.4, 0.5) is 4.79 Å². The van der Waals surface area contributed by atoms with Gasteiger partial charge in [-0.25, -0.2) is 9.59 Å². The Labute approximate surface area is 113 Å². The van der Waals surface area contributed by atoms with E-state index in [9.17, 15) is 9.59 Å². The van der Waals surface area contributed by atoms with Gasteiger partial charge >= 0.3 is 12.1 Å². The van der Waals surface area contributed by atoms with E-state index in [2.05, 4.69) is 0 Å². The molecule has 19 heavy (non-hydrogen) atoms. The molecular weight excluding hydrogens is 246 g/mol. The first kappa shape index (κ1) is 13.9. The van der Waals surface area contributed by atoms with Crippen molar-refractivity contribution in [3.63, 3.8) is 0 Å². The van der Waals surface area contributed by atoms with Crippen LogP contribution in [0, 0.1) is 11.8 Å². The third-order valence-electron chi connectivity index (χ3n) is 3.49. The van der Waals surface area contributed by atoms with Crippen molar-refractivity contribution in [1.29, 1.82) is 0 Å². The van der Waals surface area contributed by atoms with E-state index in [1.165, 1.54) is 7.11 Å². The number of methoxy groups -OCH3 is 1. The Balaban J connectivity index is 1.95. The van der Waals surface area contributed by atoms with Gasteiger partial charge < -0.3 is 14.4 Å². The maximum atomic E-state index is 12.0. The number of esters is 1. The van der Waals surface area contributed by atoms with Crippen molar-refractivity contribution in [3.05, 3.63) is 11.6 Å². The van der Waals surface area contributed by atoms with Crippen molar-refractivity contribution in [2.45, 2.75) is 32.8 Å². The van der Waals surface area contributed by atoms with Gasteiger partial charge in [0.1, 0.15) is 5.60 Å². The zero-order chi connectivity index (χ0) is 14.2. The largest absolute Gasteiger partial charge is 0.466 e. The molecule has 0 saturated carbocycles. The summed E-state index contributed by atoms with van der Waals surface area (Å²) in [6.07, 6.45) is 2.37. The van der Waals surface area contributed by atoms with Gasteiger partial charge in [0.25, 0.3) is 0 Å². The van der Waals surface area contributed by atoms with Crippen LogP contribution >= 0.6 is 0 Å². The summed E-state index contributed by atoms with van der Waals surface area (Å²) >= 11 is 0. The van der Waals surface area contributed by atoms with E-state index in [0.717, 1.165) is 5.57 Å². The lowest BCUT2D eigenvalue weighted by Crippen LogP contribution is -2.35. The summed E-state index contributed by atoms with van der Waals surface area (Å²) in [7, 11) is 1.39. The SMILES string of the molecule is COC(=O)C1=CC2CN(C(=O)OC(C)(C)C)CC2C1. The van der Waals surface area contributed by atoms with Crippen LogP contribution in [0.3, 0.4) is 0 Å². The Bertz CT molecular complexity index is 422. The zero-order valence-electron chi connectivity index (χ0n) is 11.9. The van der Waals surface area contributed by atoms with Gasteiger partial charge in [-0.05, 0) is 33.1 Å². The van der Waals surface area contributed by atoms with E-state index in [4.69, 9.17) is 9.47 Å². The minimum atomic E-state index is -0.470. The molecule has 0 radical (unpaired) electrons. The smallest absolute Gasteiger partial charge is 0.410 e. The number of fused-ring (bicyclic) bond motifs is 1. The number of amides is 1. The minimum Gasteiger partial charge on any atom is -0.466 e. The molecule has 1 heterocycles. The predicted octanol–water partition coefficient (Wildman–Crippen LogP) is 1.97. The number of nitrogens with zero attached hydrogens (tertiary/aromatic N) is 1. The summed E-state index contributed by atoms with van der Waals surface area (Å²) in [5.41, 5.74) is 0.267. The molecule has 2 atom stereocenters. The number of carbonyl (C=O) groups excluding carboxylic acids is 2. The minimum absolute atomic E-state index is 0.251. The van der Waals surface area contributed by atoms with E-state index in [-0.39, 0.29) is 18.0 Å². The average molecular weight is 267 g/mol. The second kappa shape index (κ2) is 4.87. The Kier molecular flexibility index (Phi) is 3.56. The molecule has 0 aromatic rings. The van der Waals surface area contributed by atoms with Crippen LogP contribution in [0.25, 0.3) is 0 Å². The van der Waals surface area contributed by atoms with E-state index in [1.54, 1.807) is 4.90 Å². The molecule has 106 valence electrons. The normalized spacial score (nSPS) is 25.9. The lowest BCUT2D eigenvalue weighted by Gasteiger charge is -2.24. The molecule has 1 amide bonds. The first-order chi connectivity index (χ1) is 8.80. The Hall–Kier alpha value is -1.52. The Morgan fingerprint density at radius 2 is 2.00 bits per heavy atom. The fraction of sp³-hybridized carbons (Fsp3) is 0.714. The van der Waals surface area contributed by atoms with Crippen molar-refractivity contribution in [3.8, 4) is 0 Å². The third kappa shape index (κ3) is 3.08. The number of likely N-dealkylation sites (tertiary alicyclic amines) is 1. The van der Waals surface area contributed by atoms with Crippen LogP contribution in [0.5, 0.6) is 0 Å². The first-order valence-electron chi connectivity index (χ1n) is 6.57. The molecule has 1 fully saturated rings. The van der Waals surface area contributed by atoms with Gasteiger partial charge in [-0.3, -0.25) is 0 Å². The molecule has 0 spiro atoms. The summed E-state index contributed by atoms with van der Waals surface area (Å²) in [5, 5.41) is 0. The summed E-state index contributed by atoms with van der Waals surface area (Å²) in [5.74, 6) is 0.321. The number of carbonyl (C=O) groups is 2. The van der Waals surface area contributed by atoms with Gasteiger partial charge in [-0.2, -0.15) is 0 Å². The van der Waals surface area contributed by atoms with Gasteiger partial charge in [-0.1, -0.05) is 6.08 Å². The highest BCUT2D eigenvalue weighted by molar-refractivity contribution is 5.89. The summed E-state index contributed by atoms with van der Waals surface area (Å²) < 4.78 is 10.1. The number of hydrogen-bond acceptors (Lipinski definition) is 4. The standard InChI is InChI=1S/C14H21NO4/c1-14(2,3)19-13(17)15-7-10-5-9(12(16)18-4)6-11(10)8-15/h5,10-11H,6-8H2,1-4H3. The number of ether oxygens (including phenoxy) is 2. The zero-order valence-corrected chi connectivity index (χ0v) is 11.9. The molecule has 0 bridgehead atoms. The molecule has 5 nitrogen and oxygen atoms in total. The fourth-order valence-electron chi connectivity index (χ4n) is 2.67. The molecule has 1 aliphatic heterocycles. The topological polar surface area (TPSA) is 55.8 Å². The fourth-order valence-corrected chi connectivity index (χ4v) is 2.67. The lowest BCUT2D eigenvalue weighted by atomic mass is 10.00. The maximum absolute atomic E-state index is 12.0. The van der Waals surface area contributed by atoms with Crippen molar-refractivity contribution in [2.75, 3.05) is 20.2 Å². The van der Waals surface area contributed by atoms with Gasteiger partial charge in [0.15, 0.2) is 0 Å². The van der Waals surface area contributed by atoms with Crippen molar-refractivity contribution in [1.82, 2.24) is 4.90 Å². The van der Waals surface area contributed by atoms with E-state index >= 15 is 0 Å².